The zero-order valence-corrected chi connectivity index (χ0v) is 10.8. The van der Waals surface area contributed by atoms with Crippen LogP contribution in [0.25, 0.3) is 0 Å². The Bertz CT molecular complexity index is 401. The molecule has 2 amide bonds. The lowest BCUT2D eigenvalue weighted by atomic mass is 9.85. The van der Waals surface area contributed by atoms with Crippen LogP contribution in [-0.4, -0.2) is 48.7 Å². The molecule has 7 nitrogen and oxygen atoms in total. The molecule has 106 valence electrons. The Morgan fingerprint density at radius 1 is 1.53 bits per heavy atom. The number of carbonyl (C=O) groups is 3. The summed E-state index contributed by atoms with van der Waals surface area (Å²) in [6.45, 7) is 2.17. The van der Waals surface area contributed by atoms with Crippen LogP contribution < -0.4 is 10.6 Å². The number of carboxylic acids is 1. The third-order valence-electron chi connectivity index (χ3n) is 3.90. The Kier molecular flexibility index (Phi) is 3.75. The van der Waals surface area contributed by atoms with Gasteiger partial charge < -0.3 is 20.5 Å². The van der Waals surface area contributed by atoms with Gasteiger partial charge >= 0.3 is 5.97 Å². The van der Waals surface area contributed by atoms with E-state index < -0.39 is 17.4 Å². The molecule has 0 aromatic rings. The lowest BCUT2D eigenvalue weighted by Crippen LogP contribution is -2.53. The Morgan fingerprint density at radius 3 is 2.84 bits per heavy atom. The molecule has 19 heavy (non-hydrogen) atoms. The Morgan fingerprint density at radius 2 is 2.26 bits per heavy atom. The number of carboxylic acid groups (broad SMARTS) is 1. The van der Waals surface area contributed by atoms with Crippen molar-refractivity contribution < 1.29 is 24.2 Å². The lowest BCUT2D eigenvalue weighted by molar-refractivity contribution is -0.149. The van der Waals surface area contributed by atoms with E-state index in [4.69, 9.17) is 4.74 Å². The number of ether oxygens (including phenoxy) is 1. The highest BCUT2D eigenvalue weighted by Crippen LogP contribution is 2.29. The summed E-state index contributed by atoms with van der Waals surface area (Å²) >= 11 is 0. The number of carbonyl (C=O) groups excluding carboxylic acids is 2. The predicted molar refractivity (Wildman–Crippen MR) is 64.2 cm³/mol. The first-order valence-corrected chi connectivity index (χ1v) is 6.31. The molecule has 0 radical (unpaired) electrons. The van der Waals surface area contributed by atoms with Crippen LogP contribution in [-0.2, 0) is 19.1 Å². The van der Waals surface area contributed by atoms with Gasteiger partial charge in [0.1, 0.15) is 5.41 Å². The van der Waals surface area contributed by atoms with Crippen LogP contribution in [0.5, 0.6) is 0 Å². The number of piperidine rings is 1. The molecule has 0 aromatic carbocycles. The fourth-order valence-corrected chi connectivity index (χ4v) is 2.33. The Balaban J connectivity index is 1.95. The minimum absolute atomic E-state index is 0.0522. The van der Waals surface area contributed by atoms with Crippen molar-refractivity contribution in [1.82, 2.24) is 10.6 Å². The maximum Gasteiger partial charge on any atom is 0.313 e. The molecule has 0 bridgehead atoms. The van der Waals surface area contributed by atoms with Crippen molar-refractivity contribution in [3.05, 3.63) is 0 Å². The molecule has 7 heteroatoms. The monoisotopic (exact) mass is 270 g/mol. The number of hydrogen-bond acceptors (Lipinski definition) is 4. The van der Waals surface area contributed by atoms with E-state index in [0.717, 1.165) is 0 Å². The van der Waals surface area contributed by atoms with Crippen LogP contribution >= 0.6 is 0 Å². The van der Waals surface area contributed by atoms with Crippen LogP contribution in [0.1, 0.15) is 19.8 Å². The second-order valence-electron chi connectivity index (χ2n) is 5.34. The Labute approximate surface area is 110 Å². The highest BCUT2D eigenvalue weighted by atomic mass is 16.5. The second-order valence-corrected chi connectivity index (χ2v) is 5.34. The predicted octanol–water partition coefficient (Wildman–Crippen LogP) is -0.881. The van der Waals surface area contributed by atoms with E-state index in [9.17, 15) is 19.5 Å². The third kappa shape index (κ3) is 2.70. The summed E-state index contributed by atoms with van der Waals surface area (Å²) in [7, 11) is 0. The molecular weight excluding hydrogens is 252 g/mol. The van der Waals surface area contributed by atoms with Crippen LogP contribution in [0.3, 0.4) is 0 Å². The van der Waals surface area contributed by atoms with Crippen LogP contribution in [0.4, 0.5) is 0 Å². The summed E-state index contributed by atoms with van der Waals surface area (Å²) in [5.74, 6) is -1.55. The van der Waals surface area contributed by atoms with Gasteiger partial charge in [-0.1, -0.05) is 0 Å². The number of aliphatic carboxylic acids is 1. The largest absolute Gasteiger partial charge is 0.481 e. The number of nitrogens with one attached hydrogen (secondary N) is 2. The lowest BCUT2D eigenvalue weighted by Gasteiger charge is -2.28. The van der Waals surface area contributed by atoms with E-state index >= 15 is 0 Å². The number of hydrogen-bond donors (Lipinski definition) is 3. The molecule has 2 rings (SSSR count). The SMILES string of the molecule is CC1(C(=O)O)COCC1NC(=O)C1CCC(=O)NC1. The average Bonchev–Trinajstić information content (AvgIpc) is 2.73. The molecule has 3 atom stereocenters. The molecule has 2 aliphatic heterocycles. The van der Waals surface area contributed by atoms with Crippen LogP contribution in [0.15, 0.2) is 0 Å². The molecule has 3 N–H and O–H groups in total. The van der Waals surface area contributed by atoms with Crippen molar-refractivity contribution in [2.45, 2.75) is 25.8 Å². The maximum atomic E-state index is 12.1. The average molecular weight is 270 g/mol. The molecule has 0 aliphatic carbocycles. The van der Waals surface area contributed by atoms with E-state index in [2.05, 4.69) is 10.6 Å². The van der Waals surface area contributed by atoms with Crippen molar-refractivity contribution in [3.63, 3.8) is 0 Å². The molecule has 3 unspecified atom stereocenters. The van der Waals surface area contributed by atoms with Gasteiger partial charge in [0.25, 0.3) is 0 Å². The third-order valence-corrected chi connectivity index (χ3v) is 3.90. The van der Waals surface area contributed by atoms with Gasteiger partial charge in [-0.3, -0.25) is 14.4 Å². The molecule has 0 aromatic heterocycles. The highest BCUT2D eigenvalue weighted by Gasteiger charge is 2.47. The van der Waals surface area contributed by atoms with E-state index in [1.807, 2.05) is 0 Å². The molecule has 0 saturated carbocycles. The fourth-order valence-electron chi connectivity index (χ4n) is 2.33. The summed E-state index contributed by atoms with van der Waals surface area (Å²) in [6, 6.07) is -0.532. The standard InChI is InChI=1S/C12H18N2O5/c1-12(11(17)18)6-19-5-8(12)14-10(16)7-2-3-9(15)13-4-7/h7-8H,2-6H2,1H3,(H,13,15)(H,14,16)(H,17,18). The van der Waals surface area contributed by atoms with Gasteiger partial charge in [0.05, 0.1) is 25.2 Å². The van der Waals surface area contributed by atoms with Crippen molar-refractivity contribution in [3.8, 4) is 0 Å². The molecule has 2 aliphatic rings. The number of amides is 2. The van der Waals surface area contributed by atoms with Crippen molar-refractivity contribution in [2.75, 3.05) is 19.8 Å². The van der Waals surface area contributed by atoms with Gasteiger partial charge in [0.2, 0.25) is 11.8 Å². The van der Waals surface area contributed by atoms with Gasteiger partial charge in [0.15, 0.2) is 0 Å². The van der Waals surface area contributed by atoms with Gasteiger partial charge in [0, 0.05) is 13.0 Å². The molecular formula is C12H18N2O5. The van der Waals surface area contributed by atoms with Crippen molar-refractivity contribution in [1.29, 1.82) is 0 Å². The molecule has 0 spiro atoms. The minimum Gasteiger partial charge on any atom is -0.481 e. The van der Waals surface area contributed by atoms with E-state index in [-0.39, 0.29) is 30.9 Å². The summed E-state index contributed by atoms with van der Waals surface area (Å²) in [6.07, 6.45) is 0.824. The highest BCUT2D eigenvalue weighted by molar-refractivity contribution is 5.85. The second kappa shape index (κ2) is 5.16. The first-order valence-electron chi connectivity index (χ1n) is 6.31. The maximum absolute atomic E-state index is 12.1. The summed E-state index contributed by atoms with van der Waals surface area (Å²) in [5, 5.41) is 14.6. The van der Waals surface area contributed by atoms with Crippen LogP contribution in [0, 0.1) is 11.3 Å². The fraction of sp³-hybridized carbons (Fsp3) is 0.750. The first-order chi connectivity index (χ1) is 8.93. The molecule has 2 heterocycles. The smallest absolute Gasteiger partial charge is 0.313 e. The van der Waals surface area contributed by atoms with Crippen molar-refractivity contribution >= 4 is 17.8 Å². The first kappa shape index (κ1) is 13.8. The molecule has 2 fully saturated rings. The normalized spacial score (nSPS) is 34.7. The summed E-state index contributed by atoms with van der Waals surface area (Å²) in [5.41, 5.74) is -1.09. The van der Waals surface area contributed by atoms with Gasteiger partial charge in [-0.05, 0) is 13.3 Å². The van der Waals surface area contributed by atoms with E-state index in [0.29, 0.717) is 19.4 Å². The number of rotatable bonds is 3. The quantitative estimate of drug-likeness (QED) is 0.617. The van der Waals surface area contributed by atoms with Crippen LogP contribution in [0.2, 0.25) is 0 Å². The Hall–Kier alpha value is -1.63. The molecule has 2 saturated heterocycles. The topological polar surface area (TPSA) is 105 Å². The zero-order chi connectivity index (χ0) is 14.0. The van der Waals surface area contributed by atoms with E-state index in [1.165, 1.54) is 0 Å². The minimum atomic E-state index is -1.09. The van der Waals surface area contributed by atoms with Gasteiger partial charge in [-0.2, -0.15) is 0 Å². The summed E-state index contributed by atoms with van der Waals surface area (Å²) in [4.78, 5) is 34.3. The van der Waals surface area contributed by atoms with E-state index in [1.54, 1.807) is 6.92 Å². The van der Waals surface area contributed by atoms with Gasteiger partial charge in [-0.25, -0.2) is 0 Å². The van der Waals surface area contributed by atoms with Gasteiger partial charge in [-0.15, -0.1) is 0 Å². The summed E-state index contributed by atoms with van der Waals surface area (Å²) < 4.78 is 5.17. The van der Waals surface area contributed by atoms with Crippen molar-refractivity contribution in [2.24, 2.45) is 11.3 Å². The zero-order valence-electron chi connectivity index (χ0n) is 10.8.